The fraction of sp³-hybridized carbons (Fsp3) is 0.318. The van der Waals surface area contributed by atoms with Gasteiger partial charge in [0.15, 0.2) is 0 Å². The van der Waals surface area contributed by atoms with Crippen LogP contribution in [0.15, 0.2) is 47.4 Å². The molecule has 0 unspecified atom stereocenters. The van der Waals surface area contributed by atoms with Crippen LogP contribution < -0.4 is 5.32 Å². The van der Waals surface area contributed by atoms with E-state index in [0.29, 0.717) is 24.3 Å². The minimum atomic E-state index is -3.66. The van der Waals surface area contributed by atoms with Crippen LogP contribution >= 0.6 is 0 Å². The van der Waals surface area contributed by atoms with Crippen LogP contribution in [0.3, 0.4) is 0 Å². The fourth-order valence-electron chi connectivity index (χ4n) is 3.93. The van der Waals surface area contributed by atoms with E-state index in [-0.39, 0.29) is 16.0 Å². The Morgan fingerprint density at radius 2 is 1.58 bits per heavy atom. The third-order valence-electron chi connectivity index (χ3n) is 5.58. The molecule has 2 aliphatic rings. The number of nitrogens with zero attached hydrogens (tertiary/aromatic N) is 2. The number of fused-ring (bicyclic) bond motifs is 1. The van der Waals surface area contributed by atoms with Gasteiger partial charge >= 0.3 is 0 Å². The van der Waals surface area contributed by atoms with Gasteiger partial charge in [-0.15, -0.1) is 0 Å². The molecule has 0 spiro atoms. The van der Waals surface area contributed by atoms with Gasteiger partial charge in [-0.2, -0.15) is 4.31 Å². The molecule has 2 aromatic carbocycles. The molecule has 31 heavy (non-hydrogen) atoms. The van der Waals surface area contributed by atoms with Gasteiger partial charge in [0.1, 0.15) is 6.54 Å². The van der Waals surface area contributed by atoms with Crippen LogP contribution in [0.1, 0.15) is 45.5 Å². The van der Waals surface area contributed by atoms with Crippen LogP contribution in [0.2, 0.25) is 0 Å². The third-order valence-corrected chi connectivity index (χ3v) is 7.63. The fourth-order valence-corrected chi connectivity index (χ4v) is 5.69. The number of amides is 3. The average Bonchev–Trinajstić information content (AvgIpc) is 3.00. The van der Waals surface area contributed by atoms with E-state index < -0.39 is 34.3 Å². The van der Waals surface area contributed by atoms with Gasteiger partial charge in [-0.1, -0.05) is 24.6 Å². The van der Waals surface area contributed by atoms with Crippen LogP contribution in [0.4, 0.5) is 5.69 Å². The van der Waals surface area contributed by atoms with E-state index in [9.17, 15) is 22.8 Å². The summed E-state index contributed by atoms with van der Waals surface area (Å²) in [7, 11) is -3.66. The van der Waals surface area contributed by atoms with E-state index in [0.717, 1.165) is 24.2 Å². The third kappa shape index (κ3) is 3.98. The summed E-state index contributed by atoms with van der Waals surface area (Å²) in [6.45, 7) is 2.23. The highest BCUT2D eigenvalue weighted by Gasteiger charge is 2.36. The van der Waals surface area contributed by atoms with Gasteiger partial charge in [-0.3, -0.25) is 19.3 Å². The van der Waals surface area contributed by atoms with E-state index in [1.54, 1.807) is 43.3 Å². The minimum Gasteiger partial charge on any atom is -0.324 e. The average molecular weight is 442 g/mol. The van der Waals surface area contributed by atoms with Gasteiger partial charge < -0.3 is 5.32 Å². The quantitative estimate of drug-likeness (QED) is 0.718. The van der Waals surface area contributed by atoms with Crippen molar-refractivity contribution in [2.45, 2.75) is 31.1 Å². The van der Waals surface area contributed by atoms with Gasteiger partial charge in [-0.05, 0) is 49.6 Å². The molecule has 0 radical (unpaired) electrons. The Bertz CT molecular complexity index is 1130. The molecule has 2 heterocycles. The first-order valence-electron chi connectivity index (χ1n) is 10.1. The number of anilines is 1. The van der Waals surface area contributed by atoms with Crippen LogP contribution in [0.25, 0.3) is 0 Å². The monoisotopic (exact) mass is 441 g/mol. The highest BCUT2D eigenvalue weighted by molar-refractivity contribution is 7.89. The summed E-state index contributed by atoms with van der Waals surface area (Å²) >= 11 is 0. The number of rotatable bonds is 5. The van der Waals surface area contributed by atoms with Gasteiger partial charge in [0.25, 0.3) is 11.8 Å². The lowest BCUT2D eigenvalue weighted by Crippen LogP contribution is -2.37. The first-order valence-corrected chi connectivity index (χ1v) is 11.6. The van der Waals surface area contributed by atoms with E-state index in [4.69, 9.17) is 0 Å². The Balaban J connectivity index is 1.50. The zero-order chi connectivity index (χ0) is 22.2. The van der Waals surface area contributed by atoms with E-state index in [2.05, 4.69) is 5.32 Å². The van der Waals surface area contributed by atoms with Crippen molar-refractivity contribution < 1.29 is 22.8 Å². The maximum atomic E-state index is 13.1. The number of nitrogens with one attached hydrogen (secondary N) is 1. The zero-order valence-electron chi connectivity index (χ0n) is 17.1. The summed E-state index contributed by atoms with van der Waals surface area (Å²) in [4.78, 5) is 38.5. The highest BCUT2D eigenvalue weighted by Crippen LogP contribution is 2.26. The SMILES string of the molecule is Cc1ccc(NC(=O)CN2C(=O)c3ccccc3C2=O)cc1S(=O)(=O)N1CCCCC1. The summed E-state index contributed by atoms with van der Waals surface area (Å²) in [5.74, 6) is -1.62. The Morgan fingerprint density at radius 3 is 2.19 bits per heavy atom. The van der Waals surface area contributed by atoms with Gasteiger partial charge in [0, 0.05) is 18.8 Å². The first-order chi connectivity index (χ1) is 14.8. The van der Waals surface area contributed by atoms with Crippen LogP contribution in [-0.2, 0) is 14.8 Å². The molecule has 0 atom stereocenters. The summed E-state index contributed by atoms with van der Waals surface area (Å²) in [6.07, 6.45) is 2.67. The van der Waals surface area contributed by atoms with Gasteiger partial charge in [-0.25, -0.2) is 8.42 Å². The molecule has 2 aromatic rings. The Labute approximate surface area is 180 Å². The minimum absolute atomic E-state index is 0.146. The molecule has 8 nitrogen and oxygen atoms in total. The molecule has 1 saturated heterocycles. The molecule has 0 aromatic heterocycles. The Hall–Kier alpha value is -3.04. The number of imide groups is 1. The van der Waals surface area contributed by atoms with Crippen molar-refractivity contribution in [3.8, 4) is 0 Å². The molecule has 1 N–H and O–H groups in total. The topological polar surface area (TPSA) is 104 Å². The number of aryl methyl sites for hydroxylation is 1. The van der Waals surface area contributed by atoms with Gasteiger partial charge in [0.05, 0.1) is 16.0 Å². The van der Waals surface area contributed by atoms with Crippen molar-refractivity contribution in [3.05, 3.63) is 59.2 Å². The zero-order valence-corrected chi connectivity index (χ0v) is 17.9. The second kappa shape index (κ2) is 8.24. The number of hydrogen-bond acceptors (Lipinski definition) is 5. The number of hydrogen-bond donors (Lipinski definition) is 1. The Morgan fingerprint density at radius 1 is 0.968 bits per heavy atom. The van der Waals surface area contributed by atoms with Crippen molar-refractivity contribution in [1.29, 1.82) is 0 Å². The molecule has 162 valence electrons. The summed E-state index contributed by atoms with van der Waals surface area (Å²) in [5.41, 5.74) is 1.42. The molecular formula is C22H23N3O5S. The lowest BCUT2D eigenvalue weighted by molar-refractivity contribution is -0.116. The molecular weight excluding hydrogens is 418 g/mol. The van der Waals surface area contributed by atoms with Crippen LogP contribution in [0.5, 0.6) is 0 Å². The summed E-state index contributed by atoms with van der Waals surface area (Å²) < 4.78 is 27.6. The smallest absolute Gasteiger partial charge is 0.262 e. The molecule has 2 aliphatic heterocycles. The molecule has 1 fully saturated rings. The number of carbonyl (C=O) groups excluding carboxylic acids is 3. The largest absolute Gasteiger partial charge is 0.324 e. The van der Waals surface area contributed by atoms with Crippen molar-refractivity contribution >= 4 is 33.4 Å². The first kappa shape index (κ1) is 21.2. The highest BCUT2D eigenvalue weighted by atomic mass is 32.2. The summed E-state index contributed by atoms with van der Waals surface area (Å²) in [5, 5.41) is 2.61. The van der Waals surface area contributed by atoms with Crippen molar-refractivity contribution in [2.75, 3.05) is 25.0 Å². The Kier molecular flexibility index (Phi) is 5.63. The lowest BCUT2D eigenvalue weighted by atomic mass is 10.1. The number of benzene rings is 2. The van der Waals surface area contributed by atoms with Gasteiger partial charge in [0.2, 0.25) is 15.9 Å². The van der Waals surface area contributed by atoms with Crippen LogP contribution in [0, 0.1) is 6.92 Å². The standard InChI is InChI=1S/C22H23N3O5S/c1-15-9-10-16(13-19(15)31(29,30)24-11-5-2-6-12-24)23-20(26)14-25-21(27)17-7-3-4-8-18(17)22(25)28/h3-4,7-10,13H,2,5-6,11-12,14H2,1H3,(H,23,26). The normalized spacial score (nSPS) is 17.0. The lowest BCUT2D eigenvalue weighted by Gasteiger charge is -2.26. The maximum absolute atomic E-state index is 13.1. The van der Waals surface area contributed by atoms with E-state index in [1.807, 2.05) is 0 Å². The molecule has 0 saturated carbocycles. The number of sulfonamides is 1. The maximum Gasteiger partial charge on any atom is 0.262 e. The molecule has 0 aliphatic carbocycles. The number of carbonyl (C=O) groups is 3. The number of piperidine rings is 1. The predicted octanol–water partition coefficient (Wildman–Crippen LogP) is 2.40. The van der Waals surface area contributed by atoms with E-state index in [1.165, 1.54) is 10.4 Å². The molecule has 3 amide bonds. The molecule has 9 heteroatoms. The molecule has 0 bridgehead atoms. The predicted molar refractivity (Wildman–Crippen MR) is 114 cm³/mol. The van der Waals surface area contributed by atoms with Crippen LogP contribution in [-0.4, -0.2) is 55.0 Å². The second-order valence-electron chi connectivity index (χ2n) is 7.74. The van der Waals surface area contributed by atoms with E-state index >= 15 is 0 Å². The second-order valence-corrected chi connectivity index (χ2v) is 9.64. The van der Waals surface area contributed by atoms with Crippen molar-refractivity contribution in [1.82, 2.24) is 9.21 Å². The van der Waals surface area contributed by atoms with Crippen molar-refractivity contribution in [3.63, 3.8) is 0 Å². The molecule has 4 rings (SSSR count). The van der Waals surface area contributed by atoms with Crippen molar-refractivity contribution in [2.24, 2.45) is 0 Å². The summed E-state index contributed by atoms with van der Waals surface area (Å²) in [6, 6.07) is 11.1.